The van der Waals surface area contributed by atoms with E-state index in [0.717, 1.165) is 55.4 Å². The van der Waals surface area contributed by atoms with E-state index in [1.807, 2.05) is 6.07 Å². The van der Waals surface area contributed by atoms with Crippen molar-refractivity contribution in [2.75, 3.05) is 34.8 Å². The summed E-state index contributed by atoms with van der Waals surface area (Å²) in [5.41, 5.74) is 3.24. The van der Waals surface area contributed by atoms with Crippen molar-refractivity contribution in [2.24, 2.45) is 0 Å². The summed E-state index contributed by atoms with van der Waals surface area (Å²) in [4.78, 5) is 34.2. The largest absolute Gasteiger partial charge is 0.357 e. The standard InChI is InChI=1S/C29H31F2N7O/c1-4-9-37(5-2)25-13-23(21(16-34-25)19-14-32-17-33-15-19)35-28-18(3)29(38-10-7-6-8-26(38)39)36-24-12-20(30)11-22(31)27(24)28/h11-17H,4-10H2,1-3H3,(H,34,35,36). The van der Waals surface area contributed by atoms with Crippen LogP contribution in [-0.2, 0) is 4.79 Å². The first-order valence-corrected chi connectivity index (χ1v) is 13.3. The molecule has 1 aliphatic rings. The highest BCUT2D eigenvalue weighted by Crippen LogP contribution is 2.40. The van der Waals surface area contributed by atoms with Crippen molar-refractivity contribution in [3.8, 4) is 11.1 Å². The molecule has 0 atom stereocenters. The van der Waals surface area contributed by atoms with Gasteiger partial charge in [-0.2, -0.15) is 0 Å². The number of nitrogens with zero attached hydrogens (tertiary/aromatic N) is 6. The molecule has 8 nitrogen and oxygen atoms in total. The molecule has 10 heteroatoms. The van der Waals surface area contributed by atoms with Crippen LogP contribution in [0.5, 0.6) is 0 Å². The number of hydrogen-bond donors (Lipinski definition) is 1. The highest BCUT2D eigenvalue weighted by atomic mass is 19.1. The molecule has 4 heterocycles. The van der Waals surface area contributed by atoms with E-state index in [1.54, 1.807) is 30.4 Å². The molecule has 202 valence electrons. The van der Waals surface area contributed by atoms with Crippen LogP contribution < -0.4 is 15.1 Å². The van der Waals surface area contributed by atoms with Gasteiger partial charge in [-0.05, 0) is 33.1 Å². The van der Waals surface area contributed by atoms with Crippen LogP contribution in [0.1, 0.15) is 45.1 Å². The van der Waals surface area contributed by atoms with Crippen LogP contribution in [0.4, 0.5) is 31.8 Å². The van der Waals surface area contributed by atoms with Crippen LogP contribution in [-0.4, -0.2) is 45.5 Å². The zero-order valence-electron chi connectivity index (χ0n) is 22.3. The SMILES string of the molecule is CCCN(CC)c1cc(Nc2c(C)c(N3CCCCC3=O)nc3cc(F)cc(F)c23)c(-c2cncnc2)cn1. The normalized spacial score (nSPS) is 13.7. The van der Waals surface area contributed by atoms with Crippen molar-refractivity contribution in [2.45, 2.75) is 46.5 Å². The number of carbonyl (C=O) groups excluding carboxylic acids is 1. The average Bonchev–Trinajstić information content (AvgIpc) is 2.94. The number of pyridine rings is 2. The van der Waals surface area contributed by atoms with Gasteiger partial charge in [-0.25, -0.2) is 28.7 Å². The molecule has 39 heavy (non-hydrogen) atoms. The Kier molecular flexibility index (Phi) is 7.63. The first-order chi connectivity index (χ1) is 18.9. The number of hydrogen-bond acceptors (Lipinski definition) is 7. The molecule has 0 spiro atoms. The van der Waals surface area contributed by atoms with E-state index in [9.17, 15) is 9.18 Å². The van der Waals surface area contributed by atoms with Crippen molar-refractivity contribution >= 4 is 39.8 Å². The number of anilines is 4. The quantitative estimate of drug-likeness (QED) is 0.291. The van der Waals surface area contributed by atoms with Gasteiger partial charge in [0.1, 0.15) is 29.6 Å². The number of piperidine rings is 1. The van der Waals surface area contributed by atoms with Gasteiger partial charge in [0.25, 0.3) is 0 Å². The van der Waals surface area contributed by atoms with Gasteiger partial charge < -0.3 is 10.2 Å². The summed E-state index contributed by atoms with van der Waals surface area (Å²) >= 11 is 0. The smallest absolute Gasteiger partial charge is 0.228 e. The second-order valence-corrected chi connectivity index (χ2v) is 9.64. The Morgan fingerprint density at radius 3 is 2.59 bits per heavy atom. The van der Waals surface area contributed by atoms with Crippen LogP contribution in [0.3, 0.4) is 0 Å². The monoisotopic (exact) mass is 531 g/mol. The van der Waals surface area contributed by atoms with Gasteiger partial charge in [0.2, 0.25) is 5.91 Å². The Bertz CT molecular complexity index is 1510. The van der Waals surface area contributed by atoms with Gasteiger partial charge in [0.05, 0.1) is 22.3 Å². The van der Waals surface area contributed by atoms with Gasteiger partial charge in [0.15, 0.2) is 0 Å². The molecule has 0 saturated carbocycles. The third-order valence-corrected chi connectivity index (χ3v) is 7.02. The summed E-state index contributed by atoms with van der Waals surface area (Å²) < 4.78 is 29.7. The number of rotatable bonds is 8. The van der Waals surface area contributed by atoms with E-state index in [1.165, 1.54) is 12.4 Å². The Morgan fingerprint density at radius 2 is 1.87 bits per heavy atom. The molecular formula is C29H31F2N7O. The zero-order chi connectivity index (χ0) is 27.5. The van der Waals surface area contributed by atoms with Crippen LogP contribution >= 0.6 is 0 Å². The van der Waals surface area contributed by atoms with Crippen LogP contribution in [0.25, 0.3) is 22.0 Å². The third-order valence-electron chi connectivity index (χ3n) is 7.02. The van der Waals surface area contributed by atoms with Gasteiger partial charge in [-0.3, -0.25) is 9.69 Å². The minimum absolute atomic E-state index is 0.0505. The molecule has 0 unspecified atom stereocenters. The van der Waals surface area contributed by atoms with Crippen molar-refractivity contribution < 1.29 is 13.6 Å². The predicted molar refractivity (Wildman–Crippen MR) is 149 cm³/mol. The zero-order valence-corrected chi connectivity index (χ0v) is 22.3. The van der Waals surface area contributed by atoms with E-state index >= 15 is 4.39 Å². The van der Waals surface area contributed by atoms with Crippen molar-refractivity contribution in [3.05, 3.63) is 60.3 Å². The second-order valence-electron chi connectivity index (χ2n) is 9.64. The lowest BCUT2D eigenvalue weighted by Crippen LogP contribution is -2.36. The summed E-state index contributed by atoms with van der Waals surface area (Å²) in [5.74, 6) is -0.356. The average molecular weight is 532 g/mol. The summed E-state index contributed by atoms with van der Waals surface area (Å²) in [7, 11) is 0. The highest BCUT2D eigenvalue weighted by molar-refractivity contribution is 6.02. The van der Waals surface area contributed by atoms with Gasteiger partial charge in [0, 0.05) is 79.5 Å². The maximum absolute atomic E-state index is 15.4. The maximum Gasteiger partial charge on any atom is 0.228 e. The summed E-state index contributed by atoms with van der Waals surface area (Å²) in [5, 5.41) is 3.59. The number of amides is 1. The predicted octanol–water partition coefficient (Wildman–Crippen LogP) is 6.17. The molecular weight excluding hydrogens is 500 g/mol. The fraction of sp³-hybridized carbons (Fsp3) is 0.345. The summed E-state index contributed by atoms with van der Waals surface area (Å²) in [6.07, 6.45) is 9.57. The van der Waals surface area contributed by atoms with E-state index in [4.69, 9.17) is 4.98 Å². The lowest BCUT2D eigenvalue weighted by molar-refractivity contribution is -0.119. The van der Waals surface area contributed by atoms with Gasteiger partial charge in [-0.1, -0.05) is 6.92 Å². The number of aromatic nitrogens is 4. The van der Waals surface area contributed by atoms with Crippen molar-refractivity contribution in [3.63, 3.8) is 0 Å². The van der Waals surface area contributed by atoms with Crippen LogP contribution in [0.2, 0.25) is 0 Å². The Morgan fingerprint density at radius 1 is 1.08 bits per heavy atom. The fourth-order valence-electron chi connectivity index (χ4n) is 5.07. The Labute approximate surface area is 226 Å². The first kappa shape index (κ1) is 26.4. The minimum atomic E-state index is -0.736. The van der Waals surface area contributed by atoms with E-state index < -0.39 is 11.6 Å². The molecule has 0 radical (unpaired) electrons. The molecule has 0 bridgehead atoms. The van der Waals surface area contributed by atoms with Crippen LogP contribution in [0, 0.1) is 18.6 Å². The lowest BCUT2D eigenvalue weighted by atomic mass is 10.0. The molecule has 4 aromatic rings. The number of carbonyl (C=O) groups is 1. The van der Waals surface area contributed by atoms with E-state index in [0.29, 0.717) is 35.7 Å². The number of halogens is 2. The lowest BCUT2D eigenvalue weighted by Gasteiger charge is -2.29. The number of nitrogens with one attached hydrogen (secondary N) is 1. The second kappa shape index (κ2) is 11.3. The van der Waals surface area contributed by atoms with Gasteiger partial charge >= 0.3 is 0 Å². The molecule has 1 N–H and O–H groups in total. The summed E-state index contributed by atoms with van der Waals surface area (Å²) in [6, 6.07) is 3.97. The van der Waals surface area contributed by atoms with Gasteiger partial charge in [-0.15, -0.1) is 0 Å². The molecule has 1 fully saturated rings. The topological polar surface area (TPSA) is 87.1 Å². The number of fused-ring (bicyclic) bond motifs is 1. The fourth-order valence-corrected chi connectivity index (χ4v) is 5.07. The Balaban J connectivity index is 1.73. The highest BCUT2D eigenvalue weighted by Gasteiger charge is 2.26. The van der Waals surface area contributed by atoms with E-state index in [2.05, 4.69) is 39.0 Å². The summed E-state index contributed by atoms with van der Waals surface area (Å²) in [6.45, 7) is 8.07. The molecule has 1 aromatic carbocycles. The molecule has 1 amide bonds. The third kappa shape index (κ3) is 5.23. The van der Waals surface area contributed by atoms with Crippen molar-refractivity contribution in [1.29, 1.82) is 0 Å². The molecule has 1 saturated heterocycles. The first-order valence-electron chi connectivity index (χ1n) is 13.3. The maximum atomic E-state index is 15.4. The molecule has 5 rings (SSSR count). The molecule has 3 aromatic heterocycles. The Hall–Kier alpha value is -4.21. The molecule has 0 aliphatic carbocycles. The van der Waals surface area contributed by atoms with Crippen molar-refractivity contribution in [1.82, 2.24) is 19.9 Å². The minimum Gasteiger partial charge on any atom is -0.357 e. The molecule has 1 aliphatic heterocycles. The number of benzene rings is 1. The van der Waals surface area contributed by atoms with Crippen LogP contribution in [0.15, 0.2) is 43.1 Å². The van der Waals surface area contributed by atoms with E-state index in [-0.39, 0.29) is 16.8 Å².